The van der Waals surface area contributed by atoms with Gasteiger partial charge in [0, 0.05) is 20.2 Å². The maximum absolute atomic E-state index is 12.0. The molecule has 0 aliphatic carbocycles. The van der Waals surface area contributed by atoms with E-state index in [0.717, 1.165) is 0 Å². The highest BCUT2D eigenvalue weighted by molar-refractivity contribution is 5.76. The van der Waals surface area contributed by atoms with Crippen molar-refractivity contribution in [3.8, 4) is 0 Å². The number of urea groups is 1. The molecule has 0 spiro atoms. The number of methoxy groups -OCH3 is 1. The number of carbonyl (C=O) groups is 2. The SMILES string of the molecule is COC[C@@H](C)NC(=O)N1CC(C)CC(C(=O)O)C1. The minimum absolute atomic E-state index is 0.0805. The molecule has 0 radical (unpaired) electrons. The Bertz CT molecular complexity index is 308. The van der Waals surface area contributed by atoms with Gasteiger partial charge in [0.25, 0.3) is 0 Å². The first-order chi connectivity index (χ1) is 8.43. The predicted octanol–water partition coefficient (Wildman–Crippen LogP) is 0.773. The van der Waals surface area contributed by atoms with Crippen LogP contribution in [0.5, 0.6) is 0 Å². The molecule has 1 rings (SSSR count). The van der Waals surface area contributed by atoms with Crippen molar-refractivity contribution >= 4 is 12.0 Å². The molecule has 18 heavy (non-hydrogen) atoms. The minimum atomic E-state index is -0.829. The highest BCUT2D eigenvalue weighted by Crippen LogP contribution is 2.21. The molecule has 6 heteroatoms. The van der Waals surface area contributed by atoms with Gasteiger partial charge < -0.3 is 20.1 Å². The van der Waals surface area contributed by atoms with E-state index >= 15 is 0 Å². The number of ether oxygens (including phenoxy) is 1. The molecule has 1 aliphatic heterocycles. The van der Waals surface area contributed by atoms with Crippen molar-refractivity contribution < 1.29 is 19.4 Å². The molecule has 0 saturated carbocycles. The monoisotopic (exact) mass is 258 g/mol. The molecule has 1 saturated heterocycles. The number of hydrogen-bond donors (Lipinski definition) is 2. The summed E-state index contributed by atoms with van der Waals surface area (Å²) in [7, 11) is 1.58. The smallest absolute Gasteiger partial charge is 0.317 e. The van der Waals surface area contributed by atoms with Crippen LogP contribution in [0.25, 0.3) is 0 Å². The lowest BCUT2D eigenvalue weighted by Gasteiger charge is -2.35. The van der Waals surface area contributed by atoms with Gasteiger partial charge in [-0.05, 0) is 19.3 Å². The zero-order chi connectivity index (χ0) is 13.7. The first-order valence-corrected chi connectivity index (χ1v) is 6.21. The molecule has 1 heterocycles. The zero-order valence-corrected chi connectivity index (χ0v) is 11.2. The van der Waals surface area contributed by atoms with Crippen LogP contribution in [0.2, 0.25) is 0 Å². The van der Waals surface area contributed by atoms with Gasteiger partial charge in [-0.25, -0.2) is 4.79 Å². The van der Waals surface area contributed by atoms with Gasteiger partial charge in [-0.2, -0.15) is 0 Å². The summed E-state index contributed by atoms with van der Waals surface area (Å²) < 4.78 is 4.94. The molecular formula is C12H22N2O4. The first-order valence-electron chi connectivity index (χ1n) is 6.21. The molecule has 6 nitrogen and oxygen atoms in total. The Balaban J connectivity index is 2.53. The summed E-state index contributed by atoms with van der Waals surface area (Å²) in [5, 5.41) is 11.8. The van der Waals surface area contributed by atoms with Crippen LogP contribution in [0.1, 0.15) is 20.3 Å². The fourth-order valence-corrected chi connectivity index (χ4v) is 2.29. The molecule has 3 atom stereocenters. The van der Waals surface area contributed by atoms with E-state index in [1.54, 1.807) is 12.0 Å². The molecular weight excluding hydrogens is 236 g/mol. The van der Waals surface area contributed by atoms with E-state index in [1.165, 1.54) is 0 Å². The summed E-state index contributed by atoms with van der Waals surface area (Å²) in [5.41, 5.74) is 0. The summed E-state index contributed by atoms with van der Waals surface area (Å²) in [4.78, 5) is 24.6. The molecule has 0 bridgehead atoms. The number of rotatable bonds is 4. The van der Waals surface area contributed by atoms with Crippen LogP contribution < -0.4 is 5.32 Å². The number of carboxylic acids is 1. The number of piperidine rings is 1. The van der Waals surface area contributed by atoms with Crippen molar-refractivity contribution in [2.45, 2.75) is 26.3 Å². The standard InChI is InChI=1S/C12H22N2O4/c1-8-4-10(11(15)16)6-14(5-8)12(17)13-9(2)7-18-3/h8-10H,4-7H2,1-3H3,(H,13,17)(H,15,16)/t8?,9-,10?/m1/s1. The molecule has 104 valence electrons. The fourth-order valence-electron chi connectivity index (χ4n) is 2.29. The maximum Gasteiger partial charge on any atom is 0.317 e. The second-order valence-corrected chi connectivity index (χ2v) is 5.09. The molecule has 1 fully saturated rings. The van der Waals surface area contributed by atoms with Crippen LogP contribution in [0.3, 0.4) is 0 Å². The Morgan fingerprint density at radius 3 is 2.72 bits per heavy atom. The second-order valence-electron chi connectivity index (χ2n) is 5.09. The van der Waals surface area contributed by atoms with Crippen molar-refractivity contribution in [2.75, 3.05) is 26.8 Å². The van der Waals surface area contributed by atoms with Gasteiger partial charge in [0.1, 0.15) is 0 Å². The van der Waals surface area contributed by atoms with Gasteiger partial charge in [0.15, 0.2) is 0 Å². The summed E-state index contributed by atoms with van der Waals surface area (Å²) in [5.74, 6) is -1.08. The topological polar surface area (TPSA) is 78.9 Å². The Labute approximate surface area is 107 Å². The molecule has 0 aromatic carbocycles. The lowest BCUT2D eigenvalue weighted by atomic mass is 9.91. The molecule has 0 aromatic rings. The third-order valence-corrected chi connectivity index (χ3v) is 3.08. The number of carboxylic acid groups (broad SMARTS) is 1. The third-order valence-electron chi connectivity index (χ3n) is 3.08. The van der Waals surface area contributed by atoms with Crippen LogP contribution in [0.15, 0.2) is 0 Å². The number of carbonyl (C=O) groups excluding carboxylic acids is 1. The van der Waals surface area contributed by atoms with Crippen LogP contribution in [-0.2, 0) is 9.53 Å². The molecule has 0 aromatic heterocycles. The second kappa shape index (κ2) is 6.58. The lowest BCUT2D eigenvalue weighted by Crippen LogP contribution is -2.51. The van der Waals surface area contributed by atoms with E-state index in [-0.39, 0.29) is 24.5 Å². The zero-order valence-electron chi connectivity index (χ0n) is 11.2. The van der Waals surface area contributed by atoms with E-state index in [0.29, 0.717) is 19.6 Å². The average Bonchev–Trinajstić information content (AvgIpc) is 2.28. The quantitative estimate of drug-likeness (QED) is 0.780. The largest absolute Gasteiger partial charge is 0.481 e. The van der Waals surface area contributed by atoms with Gasteiger partial charge >= 0.3 is 12.0 Å². The first kappa shape index (κ1) is 14.8. The van der Waals surface area contributed by atoms with E-state index in [1.807, 2.05) is 13.8 Å². The average molecular weight is 258 g/mol. The van der Waals surface area contributed by atoms with Crippen molar-refractivity contribution in [2.24, 2.45) is 11.8 Å². The van der Waals surface area contributed by atoms with E-state index in [4.69, 9.17) is 9.84 Å². The molecule has 2 amide bonds. The van der Waals surface area contributed by atoms with Crippen molar-refractivity contribution in [3.63, 3.8) is 0 Å². The number of aliphatic carboxylic acids is 1. The predicted molar refractivity (Wildman–Crippen MR) is 66.3 cm³/mol. The van der Waals surface area contributed by atoms with E-state index < -0.39 is 11.9 Å². The van der Waals surface area contributed by atoms with Gasteiger partial charge in [-0.3, -0.25) is 4.79 Å². The van der Waals surface area contributed by atoms with Gasteiger partial charge in [0.05, 0.1) is 18.6 Å². The Kier molecular flexibility index (Phi) is 5.40. The molecule has 1 aliphatic rings. The van der Waals surface area contributed by atoms with Crippen LogP contribution >= 0.6 is 0 Å². The summed E-state index contributed by atoms with van der Waals surface area (Å²) >= 11 is 0. The number of amides is 2. The van der Waals surface area contributed by atoms with Gasteiger partial charge in [-0.1, -0.05) is 6.92 Å². The van der Waals surface area contributed by atoms with Crippen molar-refractivity contribution in [3.05, 3.63) is 0 Å². The Morgan fingerprint density at radius 1 is 1.50 bits per heavy atom. The van der Waals surface area contributed by atoms with Crippen LogP contribution in [0.4, 0.5) is 4.79 Å². The van der Waals surface area contributed by atoms with Crippen LogP contribution in [0, 0.1) is 11.8 Å². The Morgan fingerprint density at radius 2 is 2.17 bits per heavy atom. The summed E-state index contributed by atoms with van der Waals surface area (Å²) in [6.45, 7) is 5.15. The van der Waals surface area contributed by atoms with Gasteiger partial charge in [-0.15, -0.1) is 0 Å². The number of hydrogen-bond acceptors (Lipinski definition) is 3. The highest BCUT2D eigenvalue weighted by Gasteiger charge is 2.32. The summed E-state index contributed by atoms with van der Waals surface area (Å²) in [6.07, 6.45) is 0.632. The number of likely N-dealkylation sites (tertiary alicyclic amines) is 1. The van der Waals surface area contributed by atoms with E-state index in [9.17, 15) is 9.59 Å². The van der Waals surface area contributed by atoms with Crippen molar-refractivity contribution in [1.82, 2.24) is 10.2 Å². The Hall–Kier alpha value is -1.30. The van der Waals surface area contributed by atoms with Gasteiger partial charge in [0.2, 0.25) is 0 Å². The van der Waals surface area contributed by atoms with Crippen molar-refractivity contribution in [1.29, 1.82) is 0 Å². The number of nitrogens with zero attached hydrogens (tertiary/aromatic N) is 1. The van der Waals surface area contributed by atoms with Crippen LogP contribution in [-0.4, -0.2) is 54.9 Å². The lowest BCUT2D eigenvalue weighted by molar-refractivity contribution is -0.143. The maximum atomic E-state index is 12.0. The normalized spacial score (nSPS) is 25.6. The molecule has 2 N–H and O–H groups in total. The minimum Gasteiger partial charge on any atom is -0.481 e. The third kappa shape index (κ3) is 4.18. The molecule has 2 unspecified atom stereocenters. The number of nitrogens with one attached hydrogen (secondary N) is 1. The van der Waals surface area contributed by atoms with E-state index in [2.05, 4.69) is 5.32 Å². The summed E-state index contributed by atoms with van der Waals surface area (Å²) in [6, 6.07) is -0.291. The fraction of sp³-hybridized carbons (Fsp3) is 0.833. The highest BCUT2D eigenvalue weighted by atomic mass is 16.5.